The van der Waals surface area contributed by atoms with Gasteiger partial charge in [-0.25, -0.2) is 0 Å². The second kappa shape index (κ2) is 9.73. The lowest BCUT2D eigenvalue weighted by atomic mass is 10.1. The summed E-state index contributed by atoms with van der Waals surface area (Å²) < 4.78 is 0. The van der Waals surface area contributed by atoms with E-state index < -0.39 is 0 Å². The molecule has 26 heavy (non-hydrogen) atoms. The zero-order chi connectivity index (χ0) is 18.9. The van der Waals surface area contributed by atoms with Crippen LogP contribution in [0, 0.1) is 0 Å². The molecule has 138 valence electrons. The van der Waals surface area contributed by atoms with Gasteiger partial charge in [0.1, 0.15) is 0 Å². The molecule has 5 heteroatoms. The van der Waals surface area contributed by atoms with Crippen molar-refractivity contribution >= 4 is 17.5 Å². The lowest BCUT2D eigenvalue weighted by Gasteiger charge is -2.14. The highest BCUT2D eigenvalue weighted by atomic mass is 16.2. The Bertz CT molecular complexity index is 712. The van der Waals surface area contributed by atoms with E-state index in [1.165, 1.54) is 0 Å². The number of aryl methyl sites for hydroxylation is 1. The SMILES string of the molecule is CC(NCC(=O)Nc1ccc(CCC(=O)N(C)C)cc1)c1ccccc1. The predicted molar refractivity (Wildman–Crippen MR) is 105 cm³/mol. The van der Waals surface area contributed by atoms with Crippen molar-refractivity contribution in [3.05, 3.63) is 65.7 Å². The van der Waals surface area contributed by atoms with Crippen LogP contribution in [-0.4, -0.2) is 37.4 Å². The molecule has 2 N–H and O–H groups in total. The van der Waals surface area contributed by atoms with Gasteiger partial charge in [0.05, 0.1) is 6.54 Å². The maximum absolute atomic E-state index is 12.1. The van der Waals surface area contributed by atoms with Gasteiger partial charge < -0.3 is 15.5 Å². The van der Waals surface area contributed by atoms with Crippen LogP contribution in [0.1, 0.15) is 30.5 Å². The molecule has 0 aliphatic rings. The Morgan fingerprint density at radius 1 is 1.00 bits per heavy atom. The second-order valence-electron chi connectivity index (χ2n) is 6.55. The number of carbonyl (C=O) groups excluding carboxylic acids is 2. The molecular formula is C21H27N3O2. The summed E-state index contributed by atoms with van der Waals surface area (Å²) in [6, 6.07) is 17.8. The topological polar surface area (TPSA) is 61.4 Å². The van der Waals surface area contributed by atoms with Gasteiger partial charge >= 0.3 is 0 Å². The second-order valence-corrected chi connectivity index (χ2v) is 6.55. The third-order valence-electron chi connectivity index (χ3n) is 4.23. The third-order valence-corrected chi connectivity index (χ3v) is 4.23. The Balaban J connectivity index is 1.77. The quantitative estimate of drug-likeness (QED) is 0.767. The van der Waals surface area contributed by atoms with Crippen molar-refractivity contribution in [2.45, 2.75) is 25.8 Å². The van der Waals surface area contributed by atoms with E-state index in [9.17, 15) is 9.59 Å². The maximum Gasteiger partial charge on any atom is 0.238 e. The number of nitrogens with one attached hydrogen (secondary N) is 2. The number of hydrogen-bond acceptors (Lipinski definition) is 3. The fourth-order valence-electron chi connectivity index (χ4n) is 2.54. The van der Waals surface area contributed by atoms with Gasteiger partial charge in [-0.2, -0.15) is 0 Å². The molecule has 0 radical (unpaired) electrons. The van der Waals surface area contributed by atoms with Crippen LogP contribution in [0.4, 0.5) is 5.69 Å². The van der Waals surface area contributed by atoms with Crippen molar-refractivity contribution < 1.29 is 9.59 Å². The summed E-state index contributed by atoms with van der Waals surface area (Å²) in [5.41, 5.74) is 2.98. The van der Waals surface area contributed by atoms with Crippen molar-refractivity contribution in [3.63, 3.8) is 0 Å². The number of hydrogen-bond donors (Lipinski definition) is 2. The van der Waals surface area contributed by atoms with Gasteiger partial charge in [-0.05, 0) is 36.6 Å². The first-order valence-electron chi connectivity index (χ1n) is 8.83. The molecule has 2 amide bonds. The summed E-state index contributed by atoms with van der Waals surface area (Å²) >= 11 is 0. The number of nitrogens with zero attached hydrogens (tertiary/aromatic N) is 1. The molecule has 0 saturated carbocycles. The highest BCUT2D eigenvalue weighted by Crippen LogP contribution is 2.13. The normalized spacial score (nSPS) is 11.7. The van der Waals surface area contributed by atoms with Crippen LogP contribution in [0.25, 0.3) is 0 Å². The van der Waals surface area contributed by atoms with Gasteiger partial charge in [0, 0.05) is 32.2 Å². The first-order chi connectivity index (χ1) is 12.5. The zero-order valence-corrected chi connectivity index (χ0v) is 15.7. The van der Waals surface area contributed by atoms with E-state index in [0.29, 0.717) is 12.8 Å². The smallest absolute Gasteiger partial charge is 0.238 e. The molecule has 2 rings (SSSR count). The third kappa shape index (κ3) is 6.33. The van der Waals surface area contributed by atoms with Crippen molar-refractivity contribution in [3.8, 4) is 0 Å². The van der Waals surface area contributed by atoms with E-state index in [1.54, 1.807) is 19.0 Å². The van der Waals surface area contributed by atoms with Crippen molar-refractivity contribution in [1.82, 2.24) is 10.2 Å². The molecule has 0 aliphatic heterocycles. The summed E-state index contributed by atoms with van der Waals surface area (Å²) in [5.74, 6) is 0.0318. The zero-order valence-electron chi connectivity index (χ0n) is 15.7. The summed E-state index contributed by atoms with van der Waals surface area (Å²) in [7, 11) is 3.52. The van der Waals surface area contributed by atoms with E-state index in [0.717, 1.165) is 16.8 Å². The Morgan fingerprint density at radius 3 is 2.27 bits per heavy atom. The average molecular weight is 353 g/mol. The Labute approximate surface area is 155 Å². The lowest BCUT2D eigenvalue weighted by molar-refractivity contribution is -0.128. The van der Waals surface area contributed by atoms with E-state index in [4.69, 9.17) is 0 Å². The van der Waals surface area contributed by atoms with Crippen LogP contribution >= 0.6 is 0 Å². The van der Waals surface area contributed by atoms with Crippen molar-refractivity contribution in [1.29, 1.82) is 0 Å². The van der Waals surface area contributed by atoms with Crippen LogP contribution in [0.3, 0.4) is 0 Å². The minimum Gasteiger partial charge on any atom is -0.349 e. The summed E-state index contributed by atoms with van der Waals surface area (Å²) in [5, 5.41) is 6.10. The molecule has 0 aliphatic carbocycles. The predicted octanol–water partition coefficient (Wildman–Crippen LogP) is 3.00. The Kier molecular flexibility index (Phi) is 7.36. The highest BCUT2D eigenvalue weighted by molar-refractivity contribution is 5.92. The van der Waals surface area contributed by atoms with E-state index >= 15 is 0 Å². The summed E-state index contributed by atoms with van der Waals surface area (Å²) in [6.45, 7) is 2.28. The molecule has 0 saturated heterocycles. The minimum atomic E-state index is -0.0803. The summed E-state index contributed by atoms with van der Waals surface area (Å²) in [6.07, 6.45) is 1.18. The number of anilines is 1. The van der Waals surface area contributed by atoms with Crippen LogP contribution < -0.4 is 10.6 Å². The fourth-order valence-corrected chi connectivity index (χ4v) is 2.54. The molecular weight excluding hydrogens is 326 g/mol. The van der Waals surface area contributed by atoms with Gasteiger partial charge in [0.15, 0.2) is 0 Å². The molecule has 5 nitrogen and oxygen atoms in total. The van der Waals surface area contributed by atoms with Crippen LogP contribution in [0.2, 0.25) is 0 Å². The van der Waals surface area contributed by atoms with E-state index in [-0.39, 0.29) is 24.4 Å². The largest absolute Gasteiger partial charge is 0.349 e. The molecule has 1 atom stereocenters. The maximum atomic E-state index is 12.1. The molecule has 0 fully saturated rings. The molecule has 0 bridgehead atoms. The van der Waals surface area contributed by atoms with Gasteiger partial charge in [0.2, 0.25) is 11.8 Å². The van der Waals surface area contributed by atoms with Crippen LogP contribution in [-0.2, 0) is 16.0 Å². The monoisotopic (exact) mass is 353 g/mol. The van der Waals surface area contributed by atoms with Gasteiger partial charge in [0.25, 0.3) is 0 Å². The Hall–Kier alpha value is -2.66. The molecule has 2 aromatic carbocycles. The highest BCUT2D eigenvalue weighted by Gasteiger charge is 2.08. The van der Waals surface area contributed by atoms with E-state index in [1.807, 2.05) is 61.5 Å². The lowest BCUT2D eigenvalue weighted by Crippen LogP contribution is -2.30. The first kappa shape index (κ1) is 19.7. The van der Waals surface area contributed by atoms with Crippen LogP contribution in [0.15, 0.2) is 54.6 Å². The molecule has 0 heterocycles. The van der Waals surface area contributed by atoms with Gasteiger partial charge in [-0.15, -0.1) is 0 Å². The molecule has 1 unspecified atom stereocenters. The van der Waals surface area contributed by atoms with Crippen LogP contribution in [0.5, 0.6) is 0 Å². The van der Waals surface area contributed by atoms with Crippen molar-refractivity contribution in [2.75, 3.05) is 26.0 Å². The Morgan fingerprint density at radius 2 is 1.65 bits per heavy atom. The number of amides is 2. The van der Waals surface area contributed by atoms with Gasteiger partial charge in [-0.1, -0.05) is 42.5 Å². The molecule has 2 aromatic rings. The molecule has 0 spiro atoms. The van der Waals surface area contributed by atoms with Crippen molar-refractivity contribution in [2.24, 2.45) is 0 Å². The molecule has 0 aromatic heterocycles. The first-order valence-corrected chi connectivity index (χ1v) is 8.83. The van der Waals surface area contributed by atoms with E-state index in [2.05, 4.69) is 10.6 Å². The average Bonchev–Trinajstić information content (AvgIpc) is 2.65. The number of benzene rings is 2. The van der Waals surface area contributed by atoms with Gasteiger partial charge in [-0.3, -0.25) is 9.59 Å². The standard InChI is InChI=1S/C21H27N3O2/c1-16(18-7-5-4-6-8-18)22-15-20(25)23-19-12-9-17(10-13-19)11-14-21(26)24(2)3/h4-10,12-13,16,22H,11,14-15H2,1-3H3,(H,23,25). The summed E-state index contributed by atoms with van der Waals surface area (Å²) in [4.78, 5) is 25.3. The number of rotatable bonds is 8. The number of carbonyl (C=O) groups is 2. The fraction of sp³-hybridized carbons (Fsp3) is 0.333. The minimum absolute atomic E-state index is 0.0803.